The van der Waals surface area contributed by atoms with Crippen LogP contribution >= 0.6 is 0 Å². The number of benzene rings is 1. The minimum Gasteiger partial charge on any atom is -0.348 e. The van der Waals surface area contributed by atoms with Crippen LogP contribution in [0.4, 0.5) is 0 Å². The Hall–Kier alpha value is -1.44. The highest BCUT2D eigenvalue weighted by Crippen LogP contribution is 2.26. The monoisotopic (exact) mass is 339 g/mol. The first-order valence-corrected chi connectivity index (χ1v) is 9.70. The van der Waals surface area contributed by atoms with Crippen LogP contribution in [0.3, 0.4) is 0 Å². The number of carbonyl (C=O) groups excluding carboxylic acids is 1. The molecule has 2 saturated heterocycles. The molecule has 0 aliphatic carbocycles. The van der Waals surface area contributed by atoms with Gasteiger partial charge in [0, 0.05) is 18.4 Å². The number of rotatable bonds is 3. The molecule has 126 valence electrons. The van der Waals surface area contributed by atoms with E-state index >= 15 is 0 Å². The highest BCUT2D eigenvalue weighted by Gasteiger charge is 2.36. The van der Waals surface area contributed by atoms with E-state index in [1.165, 1.54) is 12.1 Å². The first-order chi connectivity index (χ1) is 11.0. The molecule has 1 aromatic rings. The Labute approximate surface area is 136 Å². The van der Waals surface area contributed by atoms with E-state index in [4.69, 9.17) is 9.47 Å². The molecule has 1 atom stereocenters. The zero-order valence-corrected chi connectivity index (χ0v) is 13.9. The lowest BCUT2D eigenvalue weighted by molar-refractivity contribution is -0.100. The zero-order chi connectivity index (χ0) is 16.4. The van der Waals surface area contributed by atoms with E-state index in [0.717, 1.165) is 25.5 Å². The molecule has 6 nitrogen and oxygen atoms in total. The van der Waals surface area contributed by atoms with Crippen molar-refractivity contribution in [2.45, 2.75) is 36.5 Å². The standard InChI is InChI=1S/C16H21NO5S/c1-23(19,20)13-6-4-5-12(11-13)15(18)17-8-3-2-7-14(17)16-21-9-10-22-16/h4-6,11,14,16H,2-3,7-10H2,1H3. The lowest BCUT2D eigenvalue weighted by Crippen LogP contribution is -2.50. The molecule has 1 amide bonds. The van der Waals surface area contributed by atoms with Crippen molar-refractivity contribution in [2.75, 3.05) is 26.0 Å². The average Bonchev–Trinajstić information content (AvgIpc) is 3.08. The molecule has 2 aliphatic heterocycles. The second-order valence-corrected chi connectivity index (χ2v) is 7.99. The lowest BCUT2D eigenvalue weighted by Gasteiger charge is -2.38. The van der Waals surface area contributed by atoms with Gasteiger partial charge in [-0.1, -0.05) is 6.07 Å². The van der Waals surface area contributed by atoms with E-state index in [9.17, 15) is 13.2 Å². The minimum atomic E-state index is -3.34. The molecule has 0 radical (unpaired) electrons. The van der Waals surface area contributed by atoms with Crippen LogP contribution in [0.15, 0.2) is 29.2 Å². The summed E-state index contributed by atoms with van der Waals surface area (Å²) >= 11 is 0. The van der Waals surface area contributed by atoms with Crippen molar-refractivity contribution in [1.82, 2.24) is 4.90 Å². The topological polar surface area (TPSA) is 72.9 Å². The van der Waals surface area contributed by atoms with Crippen LogP contribution in [0.1, 0.15) is 29.6 Å². The van der Waals surface area contributed by atoms with Crippen LogP contribution in [-0.4, -0.2) is 57.6 Å². The lowest BCUT2D eigenvalue weighted by atomic mass is 10.00. The Morgan fingerprint density at radius 2 is 1.96 bits per heavy atom. The van der Waals surface area contributed by atoms with Gasteiger partial charge in [0.05, 0.1) is 24.2 Å². The number of ether oxygens (including phenoxy) is 2. The Morgan fingerprint density at radius 1 is 1.22 bits per heavy atom. The molecule has 7 heteroatoms. The highest BCUT2D eigenvalue weighted by molar-refractivity contribution is 7.90. The largest absolute Gasteiger partial charge is 0.348 e. The Kier molecular flexibility index (Phi) is 4.70. The molecule has 0 aromatic heterocycles. The maximum absolute atomic E-state index is 12.9. The van der Waals surface area contributed by atoms with Gasteiger partial charge in [0.2, 0.25) is 0 Å². The minimum absolute atomic E-state index is 0.111. The molecule has 0 saturated carbocycles. The summed E-state index contributed by atoms with van der Waals surface area (Å²) in [5, 5.41) is 0. The molecule has 1 aromatic carbocycles. The SMILES string of the molecule is CS(=O)(=O)c1cccc(C(=O)N2CCCCC2C2OCCO2)c1. The second-order valence-electron chi connectivity index (χ2n) is 5.97. The summed E-state index contributed by atoms with van der Waals surface area (Å²) in [6.07, 6.45) is 3.56. The third-order valence-electron chi connectivity index (χ3n) is 4.28. The van der Waals surface area contributed by atoms with Gasteiger partial charge >= 0.3 is 0 Å². The Bertz CT molecular complexity index is 681. The second kappa shape index (κ2) is 6.59. The summed E-state index contributed by atoms with van der Waals surface area (Å²) in [7, 11) is -3.34. The normalized spacial score (nSPS) is 23.2. The summed E-state index contributed by atoms with van der Waals surface area (Å²) < 4.78 is 34.5. The maximum Gasteiger partial charge on any atom is 0.254 e. The number of carbonyl (C=O) groups is 1. The van der Waals surface area contributed by atoms with Crippen LogP contribution in [0.5, 0.6) is 0 Å². The number of piperidine rings is 1. The number of likely N-dealkylation sites (tertiary alicyclic amines) is 1. The first-order valence-electron chi connectivity index (χ1n) is 7.81. The summed E-state index contributed by atoms with van der Waals surface area (Å²) in [6.45, 7) is 1.73. The van der Waals surface area contributed by atoms with E-state index < -0.39 is 9.84 Å². The molecule has 2 aliphatic rings. The van der Waals surface area contributed by atoms with Gasteiger partial charge in [0.25, 0.3) is 5.91 Å². The van der Waals surface area contributed by atoms with Crippen LogP contribution < -0.4 is 0 Å². The quantitative estimate of drug-likeness (QED) is 0.833. The smallest absolute Gasteiger partial charge is 0.254 e. The van der Waals surface area contributed by atoms with Crippen molar-refractivity contribution < 1.29 is 22.7 Å². The summed E-state index contributed by atoms with van der Waals surface area (Å²) in [4.78, 5) is 14.8. The third kappa shape index (κ3) is 3.57. The van der Waals surface area contributed by atoms with Crippen molar-refractivity contribution >= 4 is 15.7 Å². The molecule has 2 heterocycles. The number of hydrogen-bond acceptors (Lipinski definition) is 5. The fourth-order valence-electron chi connectivity index (χ4n) is 3.12. The maximum atomic E-state index is 12.9. The van der Waals surface area contributed by atoms with Crippen LogP contribution in [-0.2, 0) is 19.3 Å². The van der Waals surface area contributed by atoms with Crippen molar-refractivity contribution in [3.8, 4) is 0 Å². The van der Waals surface area contributed by atoms with Gasteiger partial charge in [-0.15, -0.1) is 0 Å². The predicted octanol–water partition coefficient (Wildman–Crippen LogP) is 1.46. The van der Waals surface area contributed by atoms with Gasteiger partial charge in [0.15, 0.2) is 16.1 Å². The fraction of sp³-hybridized carbons (Fsp3) is 0.562. The predicted molar refractivity (Wildman–Crippen MR) is 83.9 cm³/mol. The highest BCUT2D eigenvalue weighted by atomic mass is 32.2. The van der Waals surface area contributed by atoms with Crippen molar-refractivity contribution in [3.63, 3.8) is 0 Å². The van der Waals surface area contributed by atoms with Crippen molar-refractivity contribution in [1.29, 1.82) is 0 Å². The molecular formula is C16H21NO5S. The average molecular weight is 339 g/mol. The molecule has 3 rings (SSSR count). The van der Waals surface area contributed by atoms with Crippen LogP contribution in [0.25, 0.3) is 0 Å². The third-order valence-corrected chi connectivity index (χ3v) is 5.39. The van der Waals surface area contributed by atoms with E-state index in [1.807, 2.05) is 0 Å². The summed E-state index contributed by atoms with van der Waals surface area (Å²) in [5.74, 6) is -0.167. The van der Waals surface area contributed by atoms with Crippen LogP contribution in [0.2, 0.25) is 0 Å². The van der Waals surface area contributed by atoms with E-state index in [2.05, 4.69) is 0 Å². The van der Waals surface area contributed by atoms with Gasteiger partial charge in [-0.3, -0.25) is 4.79 Å². The zero-order valence-electron chi connectivity index (χ0n) is 13.1. The summed E-state index contributed by atoms with van der Waals surface area (Å²) in [6, 6.07) is 6.09. The molecule has 1 unspecified atom stereocenters. The van der Waals surface area contributed by atoms with Gasteiger partial charge < -0.3 is 14.4 Å². The Balaban J connectivity index is 1.85. The molecule has 0 spiro atoms. The van der Waals surface area contributed by atoms with Gasteiger partial charge in [-0.05, 0) is 37.5 Å². The molecule has 0 N–H and O–H groups in total. The van der Waals surface area contributed by atoms with Gasteiger partial charge in [-0.2, -0.15) is 0 Å². The number of nitrogens with zero attached hydrogens (tertiary/aromatic N) is 1. The van der Waals surface area contributed by atoms with E-state index in [0.29, 0.717) is 25.3 Å². The molecule has 2 fully saturated rings. The fourth-order valence-corrected chi connectivity index (χ4v) is 3.78. The first kappa shape index (κ1) is 16.4. The van der Waals surface area contributed by atoms with E-state index in [-0.39, 0.29) is 23.1 Å². The molecule has 0 bridgehead atoms. The van der Waals surface area contributed by atoms with Crippen LogP contribution in [0, 0.1) is 0 Å². The Morgan fingerprint density at radius 3 is 2.65 bits per heavy atom. The van der Waals surface area contributed by atoms with E-state index in [1.54, 1.807) is 17.0 Å². The van der Waals surface area contributed by atoms with Gasteiger partial charge in [0.1, 0.15) is 0 Å². The van der Waals surface area contributed by atoms with Crippen molar-refractivity contribution in [3.05, 3.63) is 29.8 Å². The molecule has 23 heavy (non-hydrogen) atoms. The number of sulfone groups is 1. The van der Waals surface area contributed by atoms with Crippen molar-refractivity contribution in [2.24, 2.45) is 0 Å². The number of amides is 1. The van der Waals surface area contributed by atoms with Gasteiger partial charge in [-0.25, -0.2) is 8.42 Å². The summed E-state index contributed by atoms with van der Waals surface area (Å²) in [5.41, 5.74) is 0.387. The molecular weight excluding hydrogens is 318 g/mol. The number of hydrogen-bond donors (Lipinski definition) is 0.